The third-order valence-corrected chi connectivity index (χ3v) is 3.38. The molecule has 0 aliphatic rings. The molecule has 2 rings (SSSR count). The molecule has 0 aromatic heterocycles. The van der Waals surface area contributed by atoms with Gasteiger partial charge >= 0.3 is 5.97 Å². The van der Waals surface area contributed by atoms with E-state index in [4.69, 9.17) is 15.2 Å². The first kappa shape index (κ1) is 18.0. The lowest BCUT2D eigenvalue weighted by Crippen LogP contribution is -2.30. The Kier molecular flexibility index (Phi) is 6.11. The van der Waals surface area contributed by atoms with Crippen LogP contribution >= 0.6 is 0 Å². The van der Waals surface area contributed by atoms with E-state index >= 15 is 0 Å². The quantitative estimate of drug-likeness (QED) is 0.737. The normalized spacial score (nSPS) is 9.96. The number of nitrogens with one attached hydrogen (secondary N) is 1. The zero-order valence-electron chi connectivity index (χ0n) is 13.7. The lowest BCUT2D eigenvalue weighted by atomic mass is 10.1. The molecular weight excluding hydrogens is 324 g/mol. The summed E-state index contributed by atoms with van der Waals surface area (Å²) in [7, 11) is 1.46. The topological polar surface area (TPSA) is 108 Å². The van der Waals surface area contributed by atoms with Gasteiger partial charge in [-0.1, -0.05) is 24.3 Å². The standard InChI is InChI=1S/C18H18N2O5/c1-24-15-5-3-2-4-14(15)18(23)20-10-16(21)25-11-12-6-8-13(9-7-12)17(19)22/h2-9H,10-11H2,1H3,(H2,19,22)(H,20,23). The second-order valence-electron chi connectivity index (χ2n) is 5.10. The molecule has 0 saturated heterocycles. The van der Waals surface area contributed by atoms with Crippen LogP contribution in [-0.2, 0) is 16.1 Å². The molecule has 0 bridgehead atoms. The van der Waals surface area contributed by atoms with E-state index < -0.39 is 17.8 Å². The molecule has 7 heteroatoms. The molecule has 0 fully saturated rings. The highest BCUT2D eigenvalue weighted by Gasteiger charge is 2.13. The van der Waals surface area contributed by atoms with E-state index in [0.717, 1.165) is 0 Å². The van der Waals surface area contributed by atoms with Gasteiger partial charge in [-0.2, -0.15) is 0 Å². The van der Waals surface area contributed by atoms with Crippen molar-refractivity contribution in [3.05, 3.63) is 65.2 Å². The maximum atomic E-state index is 12.1. The molecule has 130 valence electrons. The van der Waals surface area contributed by atoms with Crippen molar-refractivity contribution in [3.63, 3.8) is 0 Å². The molecule has 0 atom stereocenters. The number of carbonyl (C=O) groups excluding carboxylic acids is 3. The van der Waals surface area contributed by atoms with Gasteiger partial charge in [-0.05, 0) is 29.8 Å². The van der Waals surface area contributed by atoms with Crippen molar-refractivity contribution in [2.45, 2.75) is 6.61 Å². The Morgan fingerprint density at radius 3 is 2.36 bits per heavy atom. The summed E-state index contributed by atoms with van der Waals surface area (Å²) in [4.78, 5) is 34.8. The number of hydrogen-bond donors (Lipinski definition) is 2. The number of esters is 1. The molecule has 0 aliphatic heterocycles. The molecule has 0 spiro atoms. The lowest BCUT2D eigenvalue weighted by Gasteiger charge is -2.09. The van der Waals surface area contributed by atoms with Crippen LogP contribution in [0, 0.1) is 0 Å². The van der Waals surface area contributed by atoms with E-state index in [2.05, 4.69) is 5.32 Å². The molecule has 0 aliphatic carbocycles. The van der Waals surface area contributed by atoms with Crippen LogP contribution in [0.15, 0.2) is 48.5 Å². The summed E-state index contributed by atoms with van der Waals surface area (Å²) in [6, 6.07) is 13.1. The van der Waals surface area contributed by atoms with Gasteiger partial charge in [0.2, 0.25) is 5.91 Å². The molecule has 2 amide bonds. The molecule has 2 aromatic carbocycles. The zero-order chi connectivity index (χ0) is 18.2. The Morgan fingerprint density at radius 1 is 1.04 bits per heavy atom. The monoisotopic (exact) mass is 342 g/mol. The summed E-state index contributed by atoms with van der Waals surface area (Å²) in [5.74, 6) is -1.12. The number of benzene rings is 2. The van der Waals surface area contributed by atoms with Crippen molar-refractivity contribution in [1.29, 1.82) is 0 Å². The highest BCUT2D eigenvalue weighted by atomic mass is 16.5. The maximum absolute atomic E-state index is 12.1. The molecular formula is C18H18N2O5. The van der Waals surface area contributed by atoms with Gasteiger partial charge in [-0.3, -0.25) is 14.4 Å². The van der Waals surface area contributed by atoms with Crippen molar-refractivity contribution < 1.29 is 23.9 Å². The van der Waals surface area contributed by atoms with Crippen molar-refractivity contribution in [2.75, 3.05) is 13.7 Å². The third-order valence-electron chi connectivity index (χ3n) is 3.38. The van der Waals surface area contributed by atoms with Crippen molar-refractivity contribution in [1.82, 2.24) is 5.32 Å². The van der Waals surface area contributed by atoms with Crippen LogP contribution in [0.2, 0.25) is 0 Å². The summed E-state index contributed by atoms with van der Waals surface area (Å²) in [6.07, 6.45) is 0. The minimum absolute atomic E-state index is 0.0302. The van der Waals surface area contributed by atoms with Crippen LogP contribution in [0.4, 0.5) is 0 Å². The van der Waals surface area contributed by atoms with E-state index in [1.807, 2.05) is 0 Å². The minimum atomic E-state index is -0.581. The van der Waals surface area contributed by atoms with Crippen LogP contribution < -0.4 is 15.8 Å². The number of amides is 2. The largest absolute Gasteiger partial charge is 0.496 e. The zero-order valence-corrected chi connectivity index (χ0v) is 13.7. The van der Waals surface area contributed by atoms with Gasteiger partial charge < -0.3 is 20.5 Å². The molecule has 25 heavy (non-hydrogen) atoms. The molecule has 0 heterocycles. The Bertz CT molecular complexity index is 771. The van der Waals surface area contributed by atoms with E-state index in [0.29, 0.717) is 22.4 Å². The van der Waals surface area contributed by atoms with Gasteiger partial charge in [0.05, 0.1) is 12.7 Å². The van der Waals surface area contributed by atoms with Crippen LogP contribution in [0.3, 0.4) is 0 Å². The fourth-order valence-electron chi connectivity index (χ4n) is 2.06. The number of primary amides is 1. The number of ether oxygens (including phenoxy) is 2. The Morgan fingerprint density at radius 2 is 1.72 bits per heavy atom. The number of rotatable bonds is 7. The second kappa shape index (κ2) is 8.49. The highest BCUT2D eigenvalue weighted by Crippen LogP contribution is 2.16. The van der Waals surface area contributed by atoms with Gasteiger partial charge in [0, 0.05) is 5.56 Å². The Hall–Kier alpha value is -3.35. The number of carbonyl (C=O) groups is 3. The van der Waals surface area contributed by atoms with E-state index in [1.165, 1.54) is 7.11 Å². The third kappa shape index (κ3) is 5.07. The van der Waals surface area contributed by atoms with Crippen LogP contribution in [-0.4, -0.2) is 31.4 Å². The summed E-state index contributed by atoms with van der Waals surface area (Å²) >= 11 is 0. The number of nitrogens with two attached hydrogens (primary N) is 1. The average molecular weight is 342 g/mol. The molecule has 0 radical (unpaired) electrons. The highest BCUT2D eigenvalue weighted by molar-refractivity contribution is 5.98. The smallest absolute Gasteiger partial charge is 0.325 e. The van der Waals surface area contributed by atoms with Gasteiger partial charge in [-0.25, -0.2) is 0 Å². The Labute approximate surface area is 144 Å². The second-order valence-corrected chi connectivity index (χ2v) is 5.10. The Balaban J connectivity index is 1.82. The number of hydrogen-bond acceptors (Lipinski definition) is 5. The molecule has 0 saturated carbocycles. The summed E-state index contributed by atoms with van der Waals surface area (Å²) < 4.78 is 10.2. The van der Waals surface area contributed by atoms with Gasteiger partial charge in [0.25, 0.3) is 5.91 Å². The SMILES string of the molecule is COc1ccccc1C(=O)NCC(=O)OCc1ccc(C(N)=O)cc1. The first-order valence-corrected chi connectivity index (χ1v) is 7.47. The lowest BCUT2D eigenvalue weighted by molar-refractivity contribution is -0.143. The van der Waals surface area contributed by atoms with Crippen molar-refractivity contribution >= 4 is 17.8 Å². The van der Waals surface area contributed by atoms with Crippen LogP contribution in [0.25, 0.3) is 0 Å². The van der Waals surface area contributed by atoms with Gasteiger partial charge in [-0.15, -0.1) is 0 Å². The predicted molar refractivity (Wildman–Crippen MR) is 90.1 cm³/mol. The first-order chi connectivity index (χ1) is 12.0. The molecule has 3 N–H and O–H groups in total. The fraction of sp³-hybridized carbons (Fsp3) is 0.167. The van der Waals surface area contributed by atoms with Crippen molar-refractivity contribution in [3.8, 4) is 5.75 Å². The van der Waals surface area contributed by atoms with E-state index in [1.54, 1.807) is 48.5 Å². The van der Waals surface area contributed by atoms with E-state index in [9.17, 15) is 14.4 Å². The summed E-state index contributed by atoms with van der Waals surface area (Å²) in [6.45, 7) is -0.237. The van der Waals surface area contributed by atoms with Crippen LogP contribution in [0.1, 0.15) is 26.3 Å². The van der Waals surface area contributed by atoms with Gasteiger partial charge in [0.15, 0.2) is 0 Å². The fourth-order valence-corrected chi connectivity index (χ4v) is 2.06. The molecule has 7 nitrogen and oxygen atoms in total. The minimum Gasteiger partial charge on any atom is -0.496 e. The number of para-hydroxylation sites is 1. The van der Waals surface area contributed by atoms with E-state index in [-0.39, 0.29) is 13.2 Å². The predicted octanol–water partition coefficient (Wildman–Crippen LogP) is 1.27. The van der Waals surface area contributed by atoms with Crippen LogP contribution in [0.5, 0.6) is 5.75 Å². The first-order valence-electron chi connectivity index (χ1n) is 7.47. The summed E-state index contributed by atoms with van der Waals surface area (Å²) in [5.41, 5.74) is 6.56. The average Bonchev–Trinajstić information content (AvgIpc) is 2.64. The maximum Gasteiger partial charge on any atom is 0.325 e. The molecule has 0 unspecified atom stereocenters. The van der Waals surface area contributed by atoms with Gasteiger partial charge in [0.1, 0.15) is 18.9 Å². The molecule has 2 aromatic rings. The summed E-state index contributed by atoms with van der Waals surface area (Å²) in [5, 5.41) is 2.48. The number of methoxy groups -OCH3 is 1. The van der Waals surface area contributed by atoms with Crippen molar-refractivity contribution in [2.24, 2.45) is 5.73 Å².